The number of nitrogens with zero attached hydrogens (tertiary/aromatic N) is 2. The Hall–Kier alpha value is -1.90. The molecule has 2 heterocycles. The molecule has 27 heavy (non-hydrogen) atoms. The molecule has 1 aromatic heterocycles. The van der Waals surface area contributed by atoms with E-state index in [2.05, 4.69) is 10.3 Å². The zero-order valence-corrected chi connectivity index (χ0v) is 16.8. The molecule has 1 saturated heterocycles. The fourth-order valence-electron chi connectivity index (χ4n) is 2.86. The second-order valence-electron chi connectivity index (χ2n) is 6.41. The average Bonchev–Trinajstić information content (AvgIpc) is 2.70. The zero-order valence-electron chi connectivity index (χ0n) is 15.2. The monoisotopic (exact) mass is 405 g/mol. The third-order valence-corrected chi connectivity index (χ3v) is 7.34. The third kappa shape index (κ3) is 5.09. The molecule has 0 unspecified atom stereocenters. The average molecular weight is 406 g/mol. The van der Waals surface area contributed by atoms with Crippen molar-refractivity contribution in [2.45, 2.75) is 41.4 Å². The van der Waals surface area contributed by atoms with Gasteiger partial charge in [-0.3, -0.25) is 4.79 Å². The fourth-order valence-corrected chi connectivity index (χ4v) is 5.18. The number of pyridine rings is 1. The first kappa shape index (κ1) is 19.9. The summed E-state index contributed by atoms with van der Waals surface area (Å²) in [4.78, 5) is 16.8. The molecule has 1 atom stereocenters. The summed E-state index contributed by atoms with van der Waals surface area (Å²) >= 11 is 1.37. The highest BCUT2D eigenvalue weighted by Crippen LogP contribution is 2.24. The smallest absolute Gasteiger partial charge is 0.243 e. The van der Waals surface area contributed by atoms with E-state index in [0.29, 0.717) is 18.8 Å². The molecule has 1 N–H and O–H groups in total. The standard InChI is InChI=1S/C19H23N3O3S2/c1-15(26-18-7-3-4-12-20-18)19(23)21-16-8-10-17(11-9-16)27(24,25)22-13-5-2-6-14-22/h3-4,7-12,15H,2,5-6,13-14H2,1H3,(H,21,23)/t15-/m1/s1. The van der Waals surface area contributed by atoms with Crippen LogP contribution >= 0.6 is 11.8 Å². The number of piperidine rings is 1. The Bertz CT molecular complexity index is 865. The van der Waals surface area contributed by atoms with E-state index in [1.807, 2.05) is 25.1 Å². The minimum atomic E-state index is -3.46. The van der Waals surface area contributed by atoms with Crippen molar-refractivity contribution in [1.82, 2.24) is 9.29 Å². The van der Waals surface area contributed by atoms with Crippen LogP contribution in [-0.4, -0.2) is 42.0 Å². The number of carbonyl (C=O) groups is 1. The molecule has 144 valence electrons. The van der Waals surface area contributed by atoms with Crippen LogP contribution in [-0.2, 0) is 14.8 Å². The summed E-state index contributed by atoms with van der Waals surface area (Å²) in [6.07, 6.45) is 4.57. The number of rotatable bonds is 6. The summed E-state index contributed by atoms with van der Waals surface area (Å²) in [5.41, 5.74) is 0.575. The van der Waals surface area contributed by atoms with Crippen LogP contribution in [0.1, 0.15) is 26.2 Å². The second kappa shape index (κ2) is 8.86. The summed E-state index contributed by atoms with van der Waals surface area (Å²) in [5.74, 6) is -0.155. The van der Waals surface area contributed by atoms with Gasteiger partial charge in [0.15, 0.2) is 0 Å². The van der Waals surface area contributed by atoms with Crippen molar-refractivity contribution in [1.29, 1.82) is 0 Å². The number of hydrogen-bond acceptors (Lipinski definition) is 5. The van der Waals surface area contributed by atoms with Crippen LogP contribution in [0.25, 0.3) is 0 Å². The van der Waals surface area contributed by atoms with Gasteiger partial charge in [0, 0.05) is 25.0 Å². The molecule has 1 aromatic carbocycles. The molecule has 0 bridgehead atoms. The van der Waals surface area contributed by atoms with Gasteiger partial charge in [0.2, 0.25) is 15.9 Å². The third-order valence-electron chi connectivity index (χ3n) is 4.38. The van der Waals surface area contributed by atoms with Crippen LogP contribution in [0.4, 0.5) is 5.69 Å². The Morgan fingerprint density at radius 3 is 2.44 bits per heavy atom. The topological polar surface area (TPSA) is 79.4 Å². The molecule has 0 spiro atoms. The minimum Gasteiger partial charge on any atom is -0.325 e. The van der Waals surface area contributed by atoms with Crippen LogP contribution in [0.2, 0.25) is 0 Å². The zero-order chi connectivity index (χ0) is 19.3. The molecule has 8 heteroatoms. The molecule has 6 nitrogen and oxygen atoms in total. The van der Waals surface area contributed by atoms with Crippen molar-refractivity contribution >= 4 is 33.4 Å². The largest absolute Gasteiger partial charge is 0.325 e. The molecule has 1 amide bonds. The number of carbonyl (C=O) groups excluding carboxylic acids is 1. The molecule has 0 radical (unpaired) electrons. The lowest BCUT2D eigenvalue weighted by Crippen LogP contribution is -2.35. The summed E-state index contributed by atoms with van der Waals surface area (Å²) in [6, 6.07) is 11.9. The maximum atomic E-state index is 12.7. The van der Waals surface area contributed by atoms with Crippen molar-refractivity contribution in [2.24, 2.45) is 0 Å². The number of hydrogen-bond donors (Lipinski definition) is 1. The lowest BCUT2D eigenvalue weighted by molar-refractivity contribution is -0.115. The van der Waals surface area contributed by atoms with Gasteiger partial charge in [0.1, 0.15) is 0 Å². The van der Waals surface area contributed by atoms with Gasteiger partial charge in [-0.1, -0.05) is 24.2 Å². The molecule has 0 aliphatic carbocycles. The Morgan fingerprint density at radius 2 is 1.81 bits per heavy atom. The summed E-state index contributed by atoms with van der Waals surface area (Å²) in [7, 11) is -3.46. The van der Waals surface area contributed by atoms with Crippen molar-refractivity contribution < 1.29 is 13.2 Å². The molecule has 1 fully saturated rings. The Labute approximate surface area is 164 Å². The number of thioether (sulfide) groups is 1. The molecule has 1 aliphatic rings. The van der Waals surface area contributed by atoms with Crippen LogP contribution in [0, 0.1) is 0 Å². The van der Waals surface area contributed by atoms with E-state index in [1.54, 1.807) is 30.5 Å². The first-order chi connectivity index (χ1) is 13.0. The number of nitrogens with one attached hydrogen (secondary N) is 1. The molecule has 0 saturated carbocycles. The second-order valence-corrected chi connectivity index (χ2v) is 9.71. The Kier molecular flexibility index (Phi) is 6.51. The van der Waals surface area contributed by atoms with Gasteiger partial charge in [-0.15, -0.1) is 0 Å². The van der Waals surface area contributed by atoms with Crippen LogP contribution in [0.15, 0.2) is 58.6 Å². The van der Waals surface area contributed by atoms with E-state index < -0.39 is 10.0 Å². The molecule has 2 aromatic rings. The molecule has 1 aliphatic heterocycles. The van der Waals surface area contributed by atoms with Gasteiger partial charge in [-0.05, 0) is 56.2 Å². The van der Waals surface area contributed by atoms with E-state index in [0.717, 1.165) is 24.3 Å². The lowest BCUT2D eigenvalue weighted by Gasteiger charge is -2.25. The van der Waals surface area contributed by atoms with Crippen LogP contribution < -0.4 is 5.32 Å². The number of benzene rings is 1. The normalized spacial score (nSPS) is 16.6. The first-order valence-electron chi connectivity index (χ1n) is 8.95. The summed E-state index contributed by atoms with van der Waals surface area (Å²) in [5, 5.41) is 3.28. The van der Waals surface area contributed by atoms with Crippen LogP contribution in [0.5, 0.6) is 0 Å². The number of amides is 1. The fraction of sp³-hybridized carbons (Fsp3) is 0.368. The summed E-state index contributed by atoms with van der Waals surface area (Å²) < 4.78 is 26.9. The molecule has 3 rings (SSSR count). The van der Waals surface area contributed by atoms with E-state index in [4.69, 9.17) is 0 Å². The predicted molar refractivity (Wildman–Crippen MR) is 107 cm³/mol. The van der Waals surface area contributed by atoms with Gasteiger partial charge >= 0.3 is 0 Å². The summed E-state index contributed by atoms with van der Waals surface area (Å²) in [6.45, 7) is 2.95. The lowest BCUT2D eigenvalue weighted by atomic mass is 10.2. The van der Waals surface area contributed by atoms with E-state index in [-0.39, 0.29) is 16.1 Å². The Balaban J connectivity index is 1.62. The van der Waals surface area contributed by atoms with Crippen molar-refractivity contribution in [2.75, 3.05) is 18.4 Å². The highest BCUT2D eigenvalue weighted by atomic mass is 32.2. The highest BCUT2D eigenvalue weighted by molar-refractivity contribution is 8.00. The van der Waals surface area contributed by atoms with Crippen molar-refractivity contribution in [3.8, 4) is 0 Å². The van der Waals surface area contributed by atoms with E-state index in [1.165, 1.54) is 16.1 Å². The number of aromatic nitrogens is 1. The van der Waals surface area contributed by atoms with Gasteiger partial charge in [0.25, 0.3) is 0 Å². The number of sulfonamides is 1. The SMILES string of the molecule is C[C@@H](Sc1ccccn1)C(=O)Nc1ccc(S(=O)(=O)N2CCCCC2)cc1. The van der Waals surface area contributed by atoms with E-state index >= 15 is 0 Å². The van der Waals surface area contributed by atoms with Crippen molar-refractivity contribution in [3.63, 3.8) is 0 Å². The number of anilines is 1. The molecular formula is C19H23N3O3S2. The first-order valence-corrected chi connectivity index (χ1v) is 11.3. The highest BCUT2D eigenvalue weighted by Gasteiger charge is 2.25. The quantitative estimate of drug-likeness (QED) is 0.746. The molecular weight excluding hydrogens is 382 g/mol. The van der Waals surface area contributed by atoms with Gasteiger partial charge in [-0.25, -0.2) is 13.4 Å². The maximum Gasteiger partial charge on any atom is 0.243 e. The maximum absolute atomic E-state index is 12.7. The van der Waals surface area contributed by atoms with E-state index in [9.17, 15) is 13.2 Å². The minimum absolute atomic E-state index is 0.155. The van der Waals surface area contributed by atoms with Gasteiger partial charge < -0.3 is 5.32 Å². The van der Waals surface area contributed by atoms with Gasteiger partial charge in [0.05, 0.1) is 15.2 Å². The van der Waals surface area contributed by atoms with Crippen LogP contribution in [0.3, 0.4) is 0 Å². The van der Waals surface area contributed by atoms with Gasteiger partial charge in [-0.2, -0.15) is 4.31 Å². The van der Waals surface area contributed by atoms with Crippen molar-refractivity contribution in [3.05, 3.63) is 48.7 Å². The Morgan fingerprint density at radius 1 is 1.11 bits per heavy atom. The predicted octanol–water partition coefficient (Wildman–Crippen LogP) is 3.38.